The van der Waals surface area contributed by atoms with Crippen LogP contribution in [0.2, 0.25) is 0 Å². The van der Waals surface area contributed by atoms with E-state index in [1.54, 1.807) is 11.3 Å². The molecule has 2 heterocycles. The Hall–Kier alpha value is -0.940. The van der Waals surface area contributed by atoms with Crippen molar-refractivity contribution in [3.63, 3.8) is 0 Å². The van der Waals surface area contributed by atoms with Crippen molar-refractivity contribution in [2.24, 2.45) is 5.92 Å². The van der Waals surface area contributed by atoms with Crippen LogP contribution in [0.3, 0.4) is 0 Å². The Balaban J connectivity index is 1.99. The molecule has 1 amide bonds. The number of thiazole rings is 1. The number of rotatable bonds is 3. The Morgan fingerprint density at radius 1 is 1.56 bits per heavy atom. The molecule has 0 radical (unpaired) electrons. The van der Waals surface area contributed by atoms with Gasteiger partial charge < -0.3 is 10.6 Å². The number of aromatic nitrogens is 1. The van der Waals surface area contributed by atoms with Crippen molar-refractivity contribution < 1.29 is 4.79 Å². The third-order valence-corrected chi connectivity index (χ3v) is 4.10. The molecule has 2 rings (SSSR count). The maximum absolute atomic E-state index is 11.8. The van der Waals surface area contributed by atoms with E-state index in [-0.39, 0.29) is 17.9 Å². The van der Waals surface area contributed by atoms with Crippen LogP contribution in [0.15, 0.2) is 0 Å². The van der Waals surface area contributed by atoms with Crippen molar-refractivity contribution in [1.29, 1.82) is 0 Å². The standard InChI is InChI=1S/C11H17N3OS/c1-6-10(16-8(3)13-6)7(2)14-11(15)9-4-12-5-9/h7,9,12H,4-5H2,1-3H3,(H,14,15). The van der Waals surface area contributed by atoms with Gasteiger partial charge >= 0.3 is 0 Å². The summed E-state index contributed by atoms with van der Waals surface area (Å²) in [5, 5.41) is 7.20. The van der Waals surface area contributed by atoms with Crippen LogP contribution in [0, 0.1) is 19.8 Å². The van der Waals surface area contributed by atoms with Crippen LogP contribution >= 0.6 is 11.3 Å². The van der Waals surface area contributed by atoms with E-state index in [1.807, 2.05) is 20.8 Å². The summed E-state index contributed by atoms with van der Waals surface area (Å²) in [5.74, 6) is 0.300. The van der Waals surface area contributed by atoms with Crippen molar-refractivity contribution in [1.82, 2.24) is 15.6 Å². The van der Waals surface area contributed by atoms with Crippen molar-refractivity contribution in [3.05, 3.63) is 15.6 Å². The topological polar surface area (TPSA) is 54.0 Å². The summed E-state index contributed by atoms with van der Waals surface area (Å²) in [6, 6.07) is 0.0688. The molecule has 2 N–H and O–H groups in total. The van der Waals surface area contributed by atoms with E-state index in [1.165, 1.54) is 0 Å². The molecule has 0 saturated carbocycles. The zero-order valence-electron chi connectivity index (χ0n) is 9.83. The predicted octanol–water partition coefficient (Wildman–Crippen LogP) is 1.16. The van der Waals surface area contributed by atoms with Crippen molar-refractivity contribution in [3.8, 4) is 0 Å². The largest absolute Gasteiger partial charge is 0.348 e. The molecule has 1 aliphatic heterocycles. The molecule has 1 unspecified atom stereocenters. The number of nitrogens with one attached hydrogen (secondary N) is 2. The Bertz CT molecular complexity index is 398. The molecular formula is C11H17N3OS. The van der Waals surface area contributed by atoms with Crippen LogP contribution in [0.25, 0.3) is 0 Å². The number of hydrogen-bond donors (Lipinski definition) is 2. The lowest BCUT2D eigenvalue weighted by Crippen LogP contribution is -2.51. The molecule has 1 aromatic heterocycles. The van der Waals surface area contributed by atoms with Gasteiger partial charge in [0.25, 0.3) is 0 Å². The summed E-state index contributed by atoms with van der Waals surface area (Å²) in [6.45, 7) is 7.61. The summed E-state index contributed by atoms with van der Waals surface area (Å²) in [4.78, 5) is 17.3. The van der Waals surface area contributed by atoms with Gasteiger partial charge in [-0.1, -0.05) is 0 Å². The first-order valence-electron chi connectivity index (χ1n) is 5.53. The first-order chi connectivity index (χ1) is 7.58. The van der Waals surface area contributed by atoms with Gasteiger partial charge in [0.15, 0.2) is 0 Å². The number of amides is 1. The fourth-order valence-corrected chi connectivity index (χ4v) is 2.75. The van der Waals surface area contributed by atoms with Gasteiger partial charge in [0.2, 0.25) is 5.91 Å². The number of carbonyl (C=O) groups is 1. The normalized spacial score (nSPS) is 17.9. The minimum atomic E-state index is 0.0688. The molecule has 1 saturated heterocycles. The van der Waals surface area contributed by atoms with E-state index in [4.69, 9.17) is 0 Å². The van der Waals surface area contributed by atoms with E-state index < -0.39 is 0 Å². The molecule has 0 spiro atoms. The van der Waals surface area contributed by atoms with Crippen LogP contribution < -0.4 is 10.6 Å². The molecule has 16 heavy (non-hydrogen) atoms. The summed E-state index contributed by atoms with van der Waals surface area (Å²) >= 11 is 1.66. The average Bonchev–Trinajstić information content (AvgIpc) is 2.41. The summed E-state index contributed by atoms with van der Waals surface area (Å²) in [5.41, 5.74) is 1.03. The van der Waals surface area contributed by atoms with Gasteiger partial charge in [-0.3, -0.25) is 4.79 Å². The Kier molecular flexibility index (Phi) is 3.25. The zero-order valence-corrected chi connectivity index (χ0v) is 10.6. The quantitative estimate of drug-likeness (QED) is 0.832. The molecule has 0 aliphatic carbocycles. The molecule has 5 heteroatoms. The summed E-state index contributed by atoms with van der Waals surface area (Å²) in [7, 11) is 0. The highest BCUT2D eigenvalue weighted by molar-refractivity contribution is 7.11. The minimum Gasteiger partial charge on any atom is -0.348 e. The Labute approximate surface area is 99.5 Å². The van der Waals surface area contributed by atoms with Crippen LogP contribution in [0.4, 0.5) is 0 Å². The highest BCUT2D eigenvalue weighted by atomic mass is 32.1. The van der Waals surface area contributed by atoms with E-state index in [0.29, 0.717) is 0 Å². The third-order valence-electron chi connectivity index (χ3n) is 2.84. The van der Waals surface area contributed by atoms with Gasteiger partial charge in [0, 0.05) is 18.0 Å². The lowest BCUT2D eigenvalue weighted by Gasteiger charge is -2.27. The minimum absolute atomic E-state index is 0.0688. The maximum Gasteiger partial charge on any atom is 0.226 e. The monoisotopic (exact) mass is 239 g/mol. The fourth-order valence-electron chi connectivity index (χ4n) is 1.82. The van der Waals surface area contributed by atoms with Gasteiger partial charge in [0.1, 0.15) is 0 Å². The van der Waals surface area contributed by atoms with E-state index >= 15 is 0 Å². The summed E-state index contributed by atoms with van der Waals surface area (Å²) in [6.07, 6.45) is 0. The van der Waals surface area contributed by atoms with Gasteiger partial charge in [-0.05, 0) is 20.8 Å². The molecule has 88 valence electrons. The van der Waals surface area contributed by atoms with Gasteiger partial charge in [0.05, 0.1) is 22.7 Å². The molecule has 1 atom stereocenters. The average molecular weight is 239 g/mol. The number of hydrogen-bond acceptors (Lipinski definition) is 4. The lowest BCUT2D eigenvalue weighted by molar-refractivity contribution is -0.127. The van der Waals surface area contributed by atoms with Crippen LogP contribution in [-0.4, -0.2) is 24.0 Å². The van der Waals surface area contributed by atoms with Gasteiger partial charge in [-0.2, -0.15) is 0 Å². The molecule has 1 fully saturated rings. The fraction of sp³-hybridized carbons (Fsp3) is 0.636. The molecule has 1 aromatic rings. The zero-order chi connectivity index (χ0) is 11.7. The SMILES string of the molecule is Cc1nc(C)c(C(C)NC(=O)C2CNC2)s1. The molecule has 0 aromatic carbocycles. The highest BCUT2D eigenvalue weighted by Crippen LogP contribution is 2.24. The first-order valence-corrected chi connectivity index (χ1v) is 6.34. The first kappa shape index (κ1) is 11.5. The van der Waals surface area contributed by atoms with E-state index in [0.717, 1.165) is 28.7 Å². The van der Waals surface area contributed by atoms with Crippen LogP contribution in [-0.2, 0) is 4.79 Å². The number of nitrogens with zero attached hydrogens (tertiary/aromatic N) is 1. The van der Waals surface area contributed by atoms with Gasteiger partial charge in [-0.25, -0.2) is 4.98 Å². The second kappa shape index (κ2) is 4.51. The van der Waals surface area contributed by atoms with Crippen LogP contribution in [0.5, 0.6) is 0 Å². The predicted molar refractivity (Wildman–Crippen MR) is 64.5 cm³/mol. The number of aryl methyl sites for hydroxylation is 2. The Morgan fingerprint density at radius 3 is 2.69 bits per heavy atom. The second-order valence-corrected chi connectivity index (χ2v) is 5.50. The lowest BCUT2D eigenvalue weighted by atomic mass is 10.0. The maximum atomic E-state index is 11.8. The van der Waals surface area contributed by atoms with Gasteiger partial charge in [-0.15, -0.1) is 11.3 Å². The second-order valence-electron chi connectivity index (χ2n) is 4.27. The smallest absolute Gasteiger partial charge is 0.226 e. The van der Waals surface area contributed by atoms with E-state index in [9.17, 15) is 4.79 Å². The van der Waals surface area contributed by atoms with Crippen molar-refractivity contribution in [2.75, 3.05) is 13.1 Å². The molecular weight excluding hydrogens is 222 g/mol. The molecule has 0 bridgehead atoms. The molecule has 4 nitrogen and oxygen atoms in total. The van der Waals surface area contributed by atoms with E-state index in [2.05, 4.69) is 15.6 Å². The Morgan fingerprint density at radius 2 is 2.25 bits per heavy atom. The van der Waals surface area contributed by atoms with Crippen LogP contribution in [0.1, 0.15) is 28.5 Å². The third kappa shape index (κ3) is 2.25. The van der Waals surface area contributed by atoms with Crippen molar-refractivity contribution in [2.45, 2.75) is 26.8 Å². The highest BCUT2D eigenvalue weighted by Gasteiger charge is 2.26. The summed E-state index contributed by atoms with van der Waals surface area (Å²) < 4.78 is 0. The number of carbonyl (C=O) groups excluding carboxylic acids is 1. The van der Waals surface area contributed by atoms with Crippen molar-refractivity contribution >= 4 is 17.2 Å². The molecule has 1 aliphatic rings.